The third-order valence-corrected chi connectivity index (χ3v) is 7.55. The maximum Gasteiger partial charge on any atom is 0.416 e. The lowest BCUT2D eigenvalue weighted by Crippen LogP contribution is -2.08. The van der Waals surface area contributed by atoms with Crippen LogP contribution in [-0.4, -0.2) is 9.19 Å². The number of aromatic nitrogens is 1. The van der Waals surface area contributed by atoms with Crippen molar-refractivity contribution in [2.45, 2.75) is 29.3 Å². The van der Waals surface area contributed by atoms with E-state index in [2.05, 4.69) is 23.0 Å². The van der Waals surface area contributed by atoms with Crippen molar-refractivity contribution in [3.63, 3.8) is 0 Å². The summed E-state index contributed by atoms with van der Waals surface area (Å²) in [5.41, 5.74) is 4.80. The first-order valence-electron chi connectivity index (χ1n) is 9.41. The molecule has 0 bridgehead atoms. The van der Waals surface area contributed by atoms with Crippen LogP contribution in [0.1, 0.15) is 16.7 Å². The quantitative estimate of drug-likeness (QED) is 0.246. The summed E-state index contributed by atoms with van der Waals surface area (Å²) in [5, 5.41) is 0.793. The molecule has 3 aromatic carbocycles. The highest BCUT2D eigenvalue weighted by Gasteiger charge is 2.30. The number of benzene rings is 3. The standard InChI is InChI=1S/C22H15Cl2F3N2OS2.OS/c1-11-3-6-19-17(7-11)28-21(31-19)32-20-15(23)9-14(10-16(20)24)29-30-18-5-4-13(8-12(18)2)22(25,26)27;1-2/h3-10,29H,1-2H3;. The van der Waals surface area contributed by atoms with Gasteiger partial charge >= 0.3 is 6.18 Å². The van der Waals surface area contributed by atoms with E-state index in [1.807, 2.05) is 25.1 Å². The van der Waals surface area contributed by atoms with Crippen LogP contribution in [0.3, 0.4) is 0 Å². The first-order chi connectivity index (χ1) is 16.1. The molecule has 0 unspecified atom stereocenters. The van der Waals surface area contributed by atoms with E-state index < -0.39 is 11.7 Å². The Bertz CT molecular complexity index is 1310. The van der Waals surface area contributed by atoms with Crippen LogP contribution in [0.15, 0.2) is 57.8 Å². The summed E-state index contributed by atoms with van der Waals surface area (Å²) in [7, 11) is 0. The number of nitrogens with one attached hydrogen (secondary N) is 1. The Balaban J connectivity index is 0.00000158. The number of thiazole rings is 1. The second-order valence-electron chi connectivity index (χ2n) is 7.00. The molecule has 0 atom stereocenters. The lowest BCUT2D eigenvalue weighted by Gasteiger charge is -2.14. The van der Waals surface area contributed by atoms with Gasteiger partial charge in [-0.25, -0.2) is 10.5 Å². The molecule has 0 radical (unpaired) electrons. The predicted molar refractivity (Wildman–Crippen MR) is 134 cm³/mol. The van der Waals surface area contributed by atoms with E-state index in [0.29, 0.717) is 26.2 Å². The van der Waals surface area contributed by atoms with Crippen molar-refractivity contribution in [1.82, 2.24) is 4.98 Å². The van der Waals surface area contributed by atoms with Gasteiger partial charge in [0.05, 0.1) is 36.4 Å². The number of nitrogens with zero attached hydrogens (tertiary/aromatic N) is 1. The molecule has 0 fully saturated rings. The second-order valence-corrected chi connectivity index (χ2v) is 10.1. The maximum absolute atomic E-state index is 12.8. The average Bonchev–Trinajstić information content (AvgIpc) is 3.17. The molecular weight excluding hydrogens is 548 g/mol. The van der Waals surface area contributed by atoms with Gasteiger partial charge in [0.25, 0.3) is 0 Å². The molecule has 0 amide bonds. The summed E-state index contributed by atoms with van der Waals surface area (Å²) < 4.78 is 48.2. The smallest absolute Gasteiger partial charge is 0.382 e. The van der Waals surface area contributed by atoms with Crippen molar-refractivity contribution in [2.75, 3.05) is 5.48 Å². The van der Waals surface area contributed by atoms with Crippen molar-refractivity contribution in [1.29, 1.82) is 0 Å². The fourth-order valence-electron chi connectivity index (χ4n) is 2.92. The van der Waals surface area contributed by atoms with Gasteiger partial charge < -0.3 is 4.84 Å². The third kappa shape index (κ3) is 6.31. The SMILES string of the molecule is Cc1ccc2sc(Sc3c(Cl)cc(NOc4ccc(C(F)(F)F)cc4C)cc3Cl)nc2c1.O=S. The van der Waals surface area contributed by atoms with Crippen LogP contribution in [0.4, 0.5) is 18.9 Å². The largest absolute Gasteiger partial charge is 0.416 e. The maximum atomic E-state index is 12.8. The number of fused-ring (bicyclic) bond motifs is 1. The first kappa shape index (κ1) is 26.5. The highest BCUT2D eigenvalue weighted by Crippen LogP contribution is 2.43. The number of halogens is 5. The Morgan fingerprint density at radius 1 is 1.03 bits per heavy atom. The van der Waals surface area contributed by atoms with Crippen LogP contribution < -0.4 is 10.3 Å². The molecule has 1 N–H and O–H groups in total. The van der Waals surface area contributed by atoms with E-state index >= 15 is 0 Å². The van der Waals surface area contributed by atoms with Gasteiger partial charge in [0.2, 0.25) is 0 Å². The van der Waals surface area contributed by atoms with Gasteiger partial charge in [-0.15, -0.1) is 11.3 Å². The zero-order valence-electron chi connectivity index (χ0n) is 17.5. The van der Waals surface area contributed by atoms with Crippen molar-refractivity contribution in [2.24, 2.45) is 0 Å². The molecule has 178 valence electrons. The lowest BCUT2D eigenvalue weighted by atomic mass is 10.1. The normalized spacial score (nSPS) is 11.1. The molecule has 0 spiro atoms. The minimum Gasteiger partial charge on any atom is -0.382 e. The molecule has 1 aromatic heterocycles. The van der Waals surface area contributed by atoms with E-state index in [0.717, 1.165) is 32.3 Å². The van der Waals surface area contributed by atoms with E-state index in [1.165, 1.54) is 24.8 Å². The zero-order valence-corrected chi connectivity index (χ0v) is 21.5. The minimum atomic E-state index is -4.41. The summed E-state index contributed by atoms with van der Waals surface area (Å²) in [4.78, 5) is 10.7. The number of rotatable bonds is 5. The number of alkyl halides is 3. The lowest BCUT2D eigenvalue weighted by molar-refractivity contribution is -0.137. The van der Waals surface area contributed by atoms with Crippen molar-refractivity contribution in [3.8, 4) is 5.75 Å². The predicted octanol–water partition coefficient (Wildman–Crippen LogP) is 8.46. The molecule has 0 aliphatic rings. The Morgan fingerprint density at radius 2 is 1.71 bits per heavy atom. The van der Waals surface area contributed by atoms with Crippen LogP contribution in [0.2, 0.25) is 10.0 Å². The molecule has 4 rings (SSSR count). The fourth-order valence-corrected chi connectivity index (χ4v) is 5.63. The Hall–Kier alpha value is -2.11. The van der Waals surface area contributed by atoms with Gasteiger partial charge in [-0.05, 0) is 67.4 Å². The molecule has 12 heteroatoms. The number of anilines is 1. The van der Waals surface area contributed by atoms with E-state index in [4.69, 9.17) is 32.2 Å². The zero-order chi connectivity index (χ0) is 25.0. The van der Waals surface area contributed by atoms with Crippen LogP contribution >= 0.6 is 46.3 Å². The molecule has 4 nitrogen and oxygen atoms in total. The summed E-state index contributed by atoms with van der Waals surface area (Å²) in [6.45, 7) is 3.55. The monoisotopic (exact) mass is 562 g/mol. The van der Waals surface area contributed by atoms with E-state index in [1.54, 1.807) is 23.5 Å². The molecule has 34 heavy (non-hydrogen) atoms. The Morgan fingerprint density at radius 3 is 2.32 bits per heavy atom. The van der Waals surface area contributed by atoms with Gasteiger partial charge in [0.1, 0.15) is 0 Å². The Kier molecular flexibility index (Phi) is 8.64. The van der Waals surface area contributed by atoms with Crippen molar-refractivity contribution in [3.05, 3.63) is 75.3 Å². The summed E-state index contributed by atoms with van der Waals surface area (Å²) in [5.74, 6) is 0.258. The number of hydrogen-bond acceptors (Lipinski definition) is 7. The van der Waals surface area contributed by atoms with Gasteiger partial charge in [-0.3, -0.25) is 0 Å². The van der Waals surface area contributed by atoms with E-state index in [-0.39, 0.29) is 5.75 Å². The molecule has 0 aliphatic heterocycles. The molecule has 0 aliphatic carbocycles. The number of aryl methyl sites for hydroxylation is 2. The molecular formula is C22H15Cl2F3N2O2S3. The van der Waals surface area contributed by atoms with Gasteiger partial charge in [-0.1, -0.05) is 41.0 Å². The summed E-state index contributed by atoms with van der Waals surface area (Å²) in [6, 6.07) is 12.6. The topological polar surface area (TPSA) is 51.2 Å². The van der Waals surface area contributed by atoms with Crippen molar-refractivity contribution >= 4 is 74.7 Å². The average molecular weight is 563 g/mol. The third-order valence-electron chi connectivity index (χ3n) is 4.49. The summed E-state index contributed by atoms with van der Waals surface area (Å²) >= 11 is 18.6. The van der Waals surface area contributed by atoms with Crippen LogP contribution in [-0.2, 0) is 18.7 Å². The highest BCUT2D eigenvalue weighted by molar-refractivity contribution is 8.01. The Labute approximate surface area is 216 Å². The minimum absolute atomic E-state index is 0.258. The second kappa shape index (κ2) is 11.1. The van der Waals surface area contributed by atoms with Crippen molar-refractivity contribution < 1.29 is 22.2 Å². The fraction of sp³-hybridized carbons (Fsp3) is 0.136. The highest BCUT2D eigenvalue weighted by atomic mass is 35.5. The molecule has 4 aromatic rings. The van der Waals surface area contributed by atoms with Crippen LogP contribution in [0, 0.1) is 13.8 Å². The van der Waals surface area contributed by atoms with E-state index in [9.17, 15) is 13.2 Å². The molecule has 0 saturated carbocycles. The van der Waals surface area contributed by atoms with Gasteiger partial charge in [0, 0.05) is 0 Å². The summed E-state index contributed by atoms with van der Waals surface area (Å²) in [6.07, 6.45) is -4.41. The van der Waals surface area contributed by atoms with Gasteiger partial charge in [0.15, 0.2) is 22.6 Å². The first-order valence-corrected chi connectivity index (χ1v) is 12.1. The van der Waals surface area contributed by atoms with Crippen LogP contribution in [0.5, 0.6) is 5.75 Å². The van der Waals surface area contributed by atoms with Crippen LogP contribution in [0.25, 0.3) is 10.2 Å². The van der Waals surface area contributed by atoms with Gasteiger partial charge in [-0.2, -0.15) is 17.4 Å². The molecule has 1 heterocycles. The molecule has 0 saturated heterocycles. The number of hydrogen-bond donors (Lipinski definition) is 1.